The maximum absolute atomic E-state index is 11.1. The molecular formula is C15H11NO2. The molecule has 0 radical (unpaired) electrons. The number of nitrogens with zero attached hydrogens (tertiary/aromatic N) is 1. The van der Waals surface area contributed by atoms with E-state index >= 15 is 0 Å². The normalized spacial score (nSPS) is 9.56. The van der Waals surface area contributed by atoms with Crippen molar-refractivity contribution in [1.29, 1.82) is 5.26 Å². The van der Waals surface area contributed by atoms with Crippen molar-refractivity contribution in [2.45, 2.75) is 0 Å². The molecule has 88 valence electrons. The van der Waals surface area contributed by atoms with Crippen molar-refractivity contribution in [3.63, 3.8) is 0 Å². The monoisotopic (exact) mass is 237 g/mol. The molecule has 0 heterocycles. The molecule has 0 aliphatic rings. The van der Waals surface area contributed by atoms with Crippen molar-refractivity contribution in [1.82, 2.24) is 0 Å². The fourth-order valence-corrected chi connectivity index (χ4v) is 1.78. The molecule has 0 fully saturated rings. The molecule has 0 amide bonds. The highest BCUT2D eigenvalue weighted by molar-refractivity contribution is 5.88. The van der Waals surface area contributed by atoms with E-state index in [0.29, 0.717) is 16.9 Å². The highest BCUT2D eigenvalue weighted by Gasteiger charge is 2.06. The number of benzene rings is 2. The van der Waals surface area contributed by atoms with Crippen LogP contribution in [0.4, 0.5) is 0 Å². The van der Waals surface area contributed by atoms with Crippen LogP contribution in [0.1, 0.15) is 15.9 Å². The van der Waals surface area contributed by atoms with Crippen molar-refractivity contribution in [2.75, 3.05) is 7.11 Å². The number of hydrogen-bond donors (Lipinski definition) is 0. The standard InChI is InChI=1S/C15H11NO2/c1-18-14-5-6-15(13(8-14)10-17)12-4-2-3-11(7-12)9-16/h2-8,10H,1H3. The fraction of sp³-hybridized carbons (Fsp3) is 0.0667. The first-order chi connectivity index (χ1) is 8.78. The third-order valence-corrected chi connectivity index (χ3v) is 2.69. The molecule has 0 aromatic heterocycles. The first-order valence-corrected chi connectivity index (χ1v) is 5.42. The summed E-state index contributed by atoms with van der Waals surface area (Å²) in [6.45, 7) is 0. The van der Waals surface area contributed by atoms with Gasteiger partial charge < -0.3 is 4.74 Å². The lowest BCUT2D eigenvalue weighted by Crippen LogP contribution is -1.91. The fourth-order valence-electron chi connectivity index (χ4n) is 1.78. The third kappa shape index (κ3) is 2.23. The highest BCUT2D eigenvalue weighted by Crippen LogP contribution is 2.26. The Bertz CT molecular complexity index is 627. The molecule has 3 nitrogen and oxygen atoms in total. The summed E-state index contributed by atoms with van der Waals surface area (Å²) >= 11 is 0. The van der Waals surface area contributed by atoms with Gasteiger partial charge in [0.15, 0.2) is 6.29 Å². The SMILES string of the molecule is COc1ccc(-c2cccc(C#N)c2)c(C=O)c1. The van der Waals surface area contributed by atoms with E-state index < -0.39 is 0 Å². The highest BCUT2D eigenvalue weighted by atomic mass is 16.5. The number of aldehydes is 1. The Labute approximate surface area is 105 Å². The van der Waals surface area contributed by atoms with Crippen LogP contribution < -0.4 is 4.74 Å². The van der Waals surface area contributed by atoms with Crippen LogP contribution in [0, 0.1) is 11.3 Å². The van der Waals surface area contributed by atoms with Crippen molar-refractivity contribution < 1.29 is 9.53 Å². The quantitative estimate of drug-likeness (QED) is 0.771. The topological polar surface area (TPSA) is 50.1 Å². The summed E-state index contributed by atoms with van der Waals surface area (Å²) in [6.07, 6.45) is 0.789. The molecular weight excluding hydrogens is 226 g/mol. The smallest absolute Gasteiger partial charge is 0.150 e. The zero-order valence-electron chi connectivity index (χ0n) is 9.88. The molecule has 0 unspecified atom stereocenters. The van der Waals surface area contributed by atoms with Crippen LogP contribution in [0.2, 0.25) is 0 Å². The number of rotatable bonds is 3. The summed E-state index contributed by atoms with van der Waals surface area (Å²) in [5, 5.41) is 8.88. The van der Waals surface area contributed by atoms with Gasteiger partial charge in [0, 0.05) is 5.56 Å². The van der Waals surface area contributed by atoms with E-state index in [2.05, 4.69) is 6.07 Å². The number of carbonyl (C=O) groups is 1. The van der Waals surface area contributed by atoms with Gasteiger partial charge in [-0.2, -0.15) is 5.26 Å². The van der Waals surface area contributed by atoms with Crippen LogP contribution in [0.15, 0.2) is 42.5 Å². The molecule has 0 saturated heterocycles. The lowest BCUT2D eigenvalue weighted by Gasteiger charge is -2.07. The van der Waals surface area contributed by atoms with E-state index in [0.717, 1.165) is 17.4 Å². The van der Waals surface area contributed by atoms with Crippen molar-refractivity contribution in [3.05, 3.63) is 53.6 Å². The van der Waals surface area contributed by atoms with E-state index in [1.807, 2.05) is 12.1 Å². The molecule has 0 spiro atoms. The van der Waals surface area contributed by atoms with Crippen molar-refractivity contribution in [2.24, 2.45) is 0 Å². The molecule has 0 bridgehead atoms. The van der Waals surface area contributed by atoms with Crippen molar-refractivity contribution >= 4 is 6.29 Å². The second-order valence-corrected chi connectivity index (χ2v) is 3.76. The zero-order chi connectivity index (χ0) is 13.0. The molecule has 2 aromatic rings. The second kappa shape index (κ2) is 5.15. The average molecular weight is 237 g/mol. The van der Waals surface area contributed by atoms with Crippen molar-refractivity contribution in [3.8, 4) is 22.9 Å². The number of methoxy groups -OCH3 is 1. The summed E-state index contributed by atoms with van der Waals surface area (Å²) in [4.78, 5) is 11.1. The Balaban J connectivity index is 2.56. The molecule has 0 atom stereocenters. The first-order valence-electron chi connectivity index (χ1n) is 5.42. The van der Waals surface area contributed by atoms with Crippen LogP contribution >= 0.6 is 0 Å². The number of nitriles is 1. The Morgan fingerprint density at radius 3 is 2.72 bits per heavy atom. The summed E-state index contributed by atoms with van der Waals surface area (Å²) < 4.78 is 5.08. The molecule has 0 aliphatic heterocycles. The minimum absolute atomic E-state index is 0.546. The first kappa shape index (κ1) is 11.9. The van der Waals surface area contributed by atoms with Gasteiger partial charge >= 0.3 is 0 Å². The van der Waals surface area contributed by atoms with E-state index in [-0.39, 0.29) is 0 Å². The maximum atomic E-state index is 11.1. The Morgan fingerprint density at radius 1 is 1.22 bits per heavy atom. The van der Waals surface area contributed by atoms with Crippen LogP contribution in [-0.2, 0) is 0 Å². The minimum Gasteiger partial charge on any atom is -0.497 e. The van der Waals surface area contributed by atoms with Gasteiger partial charge in [0.25, 0.3) is 0 Å². The van der Waals surface area contributed by atoms with E-state index in [1.165, 1.54) is 0 Å². The zero-order valence-corrected chi connectivity index (χ0v) is 9.88. The number of ether oxygens (including phenoxy) is 1. The Morgan fingerprint density at radius 2 is 2.06 bits per heavy atom. The molecule has 2 rings (SSSR count). The van der Waals surface area contributed by atoms with Gasteiger partial charge in [0.1, 0.15) is 5.75 Å². The summed E-state index contributed by atoms with van der Waals surface area (Å²) in [5.41, 5.74) is 2.76. The summed E-state index contributed by atoms with van der Waals surface area (Å²) in [5.74, 6) is 0.636. The number of hydrogen-bond acceptors (Lipinski definition) is 3. The lowest BCUT2D eigenvalue weighted by atomic mass is 9.98. The van der Waals surface area contributed by atoms with E-state index in [9.17, 15) is 4.79 Å². The van der Waals surface area contributed by atoms with E-state index in [1.54, 1.807) is 37.4 Å². The summed E-state index contributed by atoms with van der Waals surface area (Å²) in [7, 11) is 1.56. The van der Waals surface area contributed by atoms with Gasteiger partial charge in [-0.25, -0.2) is 0 Å². The van der Waals surface area contributed by atoms with Crippen LogP contribution in [0.5, 0.6) is 5.75 Å². The van der Waals surface area contributed by atoms with Gasteiger partial charge in [-0.1, -0.05) is 12.1 Å². The van der Waals surface area contributed by atoms with Crippen LogP contribution in [-0.4, -0.2) is 13.4 Å². The molecule has 0 N–H and O–H groups in total. The largest absolute Gasteiger partial charge is 0.497 e. The van der Waals surface area contributed by atoms with Gasteiger partial charge in [0.05, 0.1) is 18.7 Å². The molecule has 18 heavy (non-hydrogen) atoms. The van der Waals surface area contributed by atoms with Crippen LogP contribution in [0.3, 0.4) is 0 Å². The van der Waals surface area contributed by atoms with Gasteiger partial charge in [-0.15, -0.1) is 0 Å². The molecule has 0 aliphatic carbocycles. The van der Waals surface area contributed by atoms with E-state index in [4.69, 9.17) is 10.00 Å². The predicted molar refractivity (Wildman–Crippen MR) is 68.5 cm³/mol. The van der Waals surface area contributed by atoms with Crippen LogP contribution in [0.25, 0.3) is 11.1 Å². The van der Waals surface area contributed by atoms with Gasteiger partial charge in [0.2, 0.25) is 0 Å². The maximum Gasteiger partial charge on any atom is 0.150 e. The number of carbonyl (C=O) groups excluding carboxylic acids is 1. The Hall–Kier alpha value is -2.60. The minimum atomic E-state index is 0.546. The van der Waals surface area contributed by atoms with Gasteiger partial charge in [-0.3, -0.25) is 4.79 Å². The molecule has 0 saturated carbocycles. The predicted octanol–water partition coefficient (Wildman–Crippen LogP) is 3.05. The summed E-state index contributed by atoms with van der Waals surface area (Å²) in [6, 6.07) is 14.5. The average Bonchev–Trinajstić information content (AvgIpc) is 2.46. The third-order valence-electron chi connectivity index (χ3n) is 2.69. The Kier molecular flexibility index (Phi) is 3.40. The van der Waals surface area contributed by atoms with Gasteiger partial charge in [-0.05, 0) is 41.5 Å². The lowest BCUT2D eigenvalue weighted by molar-refractivity contribution is 0.112. The molecule has 3 heteroatoms. The molecule has 2 aromatic carbocycles. The second-order valence-electron chi connectivity index (χ2n) is 3.76.